The molecule has 0 aromatic rings. The molecule has 86 valence electrons. The maximum atomic E-state index is 5.47. The highest BCUT2D eigenvalue weighted by Gasteiger charge is 2.09. The molecule has 0 aliphatic heterocycles. The Hall–Kier alpha value is -0.300. The quantitative estimate of drug-likeness (QED) is 0.666. The van der Waals surface area contributed by atoms with E-state index in [9.17, 15) is 0 Å². The minimum Gasteiger partial charge on any atom is -0.330 e. The summed E-state index contributed by atoms with van der Waals surface area (Å²) >= 11 is 0. The highest BCUT2D eigenvalue weighted by Crippen LogP contribution is 2.22. The zero-order valence-electron chi connectivity index (χ0n) is 10.9. The van der Waals surface area contributed by atoms with E-state index in [0.29, 0.717) is 11.3 Å². The summed E-state index contributed by atoms with van der Waals surface area (Å²) in [6, 6.07) is 0. The molecule has 14 heavy (non-hydrogen) atoms. The second kappa shape index (κ2) is 9.26. The van der Waals surface area contributed by atoms with Crippen LogP contribution < -0.4 is 5.73 Å². The van der Waals surface area contributed by atoms with Crippen molar-refractivity contribution < 1.29 is 0 Å². The first kappa shape index (κ1) is 16.1. The van der Waals surface area contributed by atoms with Crippen molar-refractivity contribution in [1.29, 1.82) is 0 Å². The van der Waals surface area contributed by atoms with Gasteiger partial charge in [-0.05, 0) is 30.7 Å². The first-order valence-electron chi connectivity index (χ1n) is 5.91. The van der Waals surface area contributed by atoms with Gasteiger partial charge in [-0.2, -0.15) is 0 Å². The Kier molecular flexibility index (Phi) is 10.7. The predicted octanol–water partition coefficient (Wildman–Crippen LogP) is 3.99. The van der Waals surface area contributed by atoms with Crippen molar-refractivity contribution in [3.63, 3.8) is 0 Å². The van der Waals surface area contributed by atoms with Crippen LogP contribution in [0.3, 0.4) is 0 Å². The maximum absolute atomic E-state index is 5.47. The van der Waals surface area contributed by atoms with Gasteiger partial charge >= 0.3 is 0 Å². The second-order valence-corrected chi connectivity index (χ2v) is 4.26. The smallest absolute Gasteiger partial charge is 0.00718 e. The average molecular weight is 199 g/mol. The number of hydrogen-bond donors (Lipinski definition) is 1. The normalized spacial score (nSPS) is 13.6. The Balaban J connectivity index is 0. The van der Waals surface area contributed by atoms with Crippen molar-refractivity contribution in [2.24, 2.45) is 17.1 Å². The molecule has 0 saturated carbocycles. The summed E-state index contributed by atoms with van der Waals surface area (Å²) in [5.41, 5.74) is 5.82. The van der Waals surface area contributed by atoms with Crippen molar-refractivity contribution in [2.75, 3.05) is 6.54 Å². The zero-order valence-corrected chi connectivity index (χ0v) is 10.9. The van der Waals surface area contributed by atoms with Crippen LogP contribution in [-0.2, 0) is 0 Å². The highest BCUT2D eigenvalue weighted by atomic mass is 14.5. The second-order valence-electron chi connectivity index (χ2n) is 4.26. The first-order valence-corrected chi connectivity index (χ1v) is 5.91. The Labute approximate surface area is 90.8 Å². The van der Waals surface area contributed by atoms with E-state index in [1.54, 1.807) is 0 Å². The molecule has 0 aliphatic carbocycles. The van der Waals surface area contributed by atoms with Crippen molar-refractivity contribution in [1.82, 2.24) is 0 Å². The minimum absolute atomic E-state index is 0.350. The Morgan fingerprint density at radius 1 is 1.29 bits per heavy atom. The van der Waals surface area contributed by atoms with Crippen LogP contribution in [-0.4, -0.2) is 6.54 Å². The fraction of sp³-hybridized carbons (Fsp3) is 0.846. The fourth-order valence-electron chi connectivity index (χ4n) is 0.902. The van der Waals surface area contributed by atoms with E-state index < -0.39 is 0 Å². The third-order valence-electron chi connectivity index (χ3n) is 2.41. The molecular formula is C13H29N. The van der Waals surface area contributed by atoms with Crippen LogP contribution in [0.1, 0.15) is 54.4 Å². The van der Waals surface area contributed by atoms with Crippen LogP contribution in [0.15, 0.2) is 12.2 Å². The summed E-state index contributed by atoms with van der Waals surface area (Å²) in [6.07, 6.45) is 6.89. The maximum Gasteiger partial charge on any atom is -0.00718 e. The van der Waals surface area contributed by atoms with Gasteiger partial charge in [-0.1, -0.05) is 53.7 Å². The number of allylic oxidation sites excluding steroid dienone is 2. The Morgan fingerprint density at radius 3 is 2.14 bits per heavy atom. The van der Waals surface area contributed by atoms with Crippen LogP contribution in [0, 0.1) is 11.3 Å². The Bertz CT molecular complexity index is 136. The lowest BCUT2D eigenvalue weighted by Gasteiger charge is -2.17. The van der Waals surface area contributed by atoms with Gasteiger partial charge in [0.05, 0.1) is 0 Å². The summed E-state index contributed by atoms with van der Waals surface area (Å²) in [5.74, 6) is 0.626. The largest absolute Gasteiger partial charge is 0.330 e. The van der Waals surface area contributed by atoms with Crippen LogP contribution in [0.25, 0.3) is 0 Å². The number of nitrogens with two attached hydrogens (primary N) is 1. The van der Waals surface area contributed by atoms with Crippen molar-refractivity contribution in [3.05, 3.63) is 12.2 Å². The summed E-state index contributed by atoms with van der Waals surface area (Å²) in [7, 11) is 0. The third kappa shape index (κ3) is 9.79. The molecular weight excluding hydrogens is 170 g/mol. The molecule has 0 spiro atoms. The van der Waals surface area contributed by atoms with E-state index in [4.69, 9.17) is 5.73 Å². The molecule has 0 fully saturated rings. The van der Waals surface area contributed by atoms with Gasteiger partial charge in [0.25, 0.3) is 0 Å². The molecule has 1 nitrogen and oxygen atoms in total. The molecule has 1 atom stereocenters. The van der Waals surface area contributed by atoms with E-state index in [1.165, 1.54) is 6.42 Å². The molecule has 2 N–H and O–H groups in total. The molecule has 0 rings (SSSR count). The molecule has 0 amide bonds. The first-order chi connectivity index (χ1) is 6.52. The van der Waals surface area contributed by atoms with E-state index in [-0.39, 0.29) is 0 Å². The van der Waals surface area contributed by atoms with Crippen LogP contribution in [0.4, 0.5) is 0 Å². The van der Waals surface area contributed by atoms with Crippen molar-refractivity contribution >= 4 is 0 Å². The summed E-state index contributed by atoms with van der Waals surface area (Å²) in [5, 5.41) is 0. The van der Waals surface area contributed by atoms with Crippen LogP contribution >= 0.6 is 0 Å². The van der Waals surface area contributed by atoms with Crippen LogP contribution in [0.2, 0.25) is 0 Å². The molecule has 0 aliphatic rings. The third-order valence-corrected chi connectivity index (χ3v) is 2.41. The fourth-order valence-corrected chi connectivity index (χ4v) is 0.902. The van der Waals surface area contributed by atoms with Gasteiger partial charge in [-0.3, -0.25) is 0 Å². The van der Waals surface area contributed by atoms with E-state index in [1.807, 2.05) is 13.8 Å². The van der Waals surface area contributed by atoms with Gasteiger partial charge in [0.2, 0.25) is 0 Å². The summed E-state index contributed by atoms with van der Waals surface area (Å²) in [4.78, 5) is 0. The Morgan fingerprint density at radius 2 is 1.79 bits per heavy atom. The molecule has 0 radical (unpaired) electrons. The van der Waals surface area contributed by atoms with Gasteiger partial charge in [-0.15, -0.1) is 0 Å². The van der Waals surface area contributed by atoms with Crippen molar-refractivity contribution in [2.45, 2.75) is 54.4 Å². The van der Waals surface area contributed by atoms with Gasteiger partial charge in [0.1, 0.15) is 0 Å². The van der Waals surface area contributed by atoms with Gasteiger partial charge in [-0.25, -0.2) is 0 Å². The van der Waals surface area contributed by atoms with E-state index >= 15 is 0 Å². The highest BCUT2D eigenvalue weighted by molar-refractivity contribution is 4.96. The number of rotatable bonds is 5. The molecule has 1 unspecified atom stereocenters. The molecule has 0 saturated heterocycles. The standard InChI is InChI=1S/C11H23N.C2H6/c1-5-11(3,4)8-6-10(2)7-9-12;1-2/h6,8,10H,5,7,9,12H2,1-4H3;1-2H3/b8-6-;. The molecule has 0 heterocycles. The lowest BCUT2D eigenvalue weighted by atomic mass is 9.88. The lowest BCUT2D eigenvalue weighted by molar-refractivity contribution is 0.457. The number of hydrogen-bond acceptors (Lipinski definition) is 1. The predicted molar refractivity (Wildman–Crippen MR) is 67.4 cm³/mol. The van der Waals surface area contributed by atoms with Gasteiger partial charge < -0.3 is 5.73 Å². The minimum atomic E-state index is 0.350. The van der Waals surface area contributed by atoms with Crippen LogP contribution in [0.5, 0.6) is 0 Å². The monoisotopic (exact) mass is 199 g/mol. The molecule has 0 aromatic heterocycles. The van der Waals surface area contributed by atoms with E-state index in [2.05, 4.69) is 39.8 Å². The van der Waals surface area contributed by atoms with Gasteiger partial charge in [0, 0.05) is 0 Å². The SMILES string of the molecule is CC.CCC(C)(C)/C=C\C(C)CCN. The lowest BCUT2D eigenvalue weighted by Crippen LogP contribution is -2.07. The topological polar surface area (TPSA) is 26.0 Å². The zero-order chi connectivity index (χ0) is 11.6. The van der Waals surface area contributed by atoms with Crippen molar-refractivity contribution in [3.8, 4) is 0 Å². The van der Waals surface area contributed by atoms with Gasteiger partial charge in [0.15, 0.2) is 0 Å². The molecule has 0 aromatic carbocycles. The molecule has 1 heteroatoms. The van der Waals surface area contributed by atoms with E-state index in [0.717, 1.165) is 13.0 Å². The summed E-state index contributed by atoms with van der Waals surface area (Å²) in [6.45, 7) is 13.8. The summed E-state index contributed by atoms with van der Waals surface area (Å²) < 4.78 is 0. The average Bonchev–Trinajstić information content (AvgIpc) is 2.19. The molecule has 0 bridgehead atoms.